The van der Waals surface area contributed by atoms with Gasteiger partial charge < -0.3 is 5.32 Å². The lowest BCUT2D eigenvalue weighted by Gasteiger charge is -2.08. The van der Waals surface area contributed by atoms with Gasteiger partial charge in [-0.25, -0.2) is 4.98 Å². The van der Waals surface area contributed by atoms with Gasteiger partial charge in [0.05, 0.1) is 15.2 Å². The minimum absolute atomic E-state index is 0.653. The molecule has 0 aliphatic rings. The fourth-order valence-electron chi connectivity index (χ4n) is 1.77. The van der Waals surface area contributed by atoms with Gasteiger partial charge in [-0.3, -0.25) is 0 Å². The van der Waals surface area contributed by atoms with Crippen molar-refractivity contribution in [3.63, 3.8) is 0 Å². The Kier molecular flexibility index (Phi) is 3.91. The van der Waals surface area contributed by atoms with Crippen molar-refractivity contribution in [2.24, 2.45) is 5.92 Å². The summed E-state index contributed by atoms with van der Waals surface area (Å²) in [6.07, 6.45) is 1.08. The summed E-state index contributed by atoms with van der Waals surface area (Å²) in [6.45, 7) is 6.54. The van der Waals surface area contributed by atoms with Crippen LogP contribution >= 0.6 is 11.3 Å². The van der Waals surface area contributed by atoms with Gasteiger partial charge in [-0.1, -0.05) is 26.0 Å². The largest absolute Gasteiger partial charge is 0.317 e. The molecule has 0 spiro atoms. The van der Waals surface area contributed by atoms with Gasteiger partial charge in [-0.15, -0.1) is 11.3 Å². The predicted octanol–water partition coefficient (Wildman–Crippen LogP) is 3.08. The average Bonchev–Trinajstić information content (AvgIpc) is 2.68. The van der Waals surface area contributed by atoms with Gasteiger partial charge in [0.2, 0.25) is 0 Å². The summed E-state index contributed by atoms with van der Waals surface area (Å²) in [6, 6.07) is 8.36. The standard InChI is InChI=1S/C13H18N2S/c1-3-14-9-10(2)8-13-15-11-6-4-5-7-12(11)16-13/h4-7,10,14H,3,8-9H2,1-2H3. The number of aromatic nitrogens is 1. The van der Waals surface area contributed by atoms with Crippen LogP contribution in [0.15, 0.2) is 24.3 Å². The zero-order valence-corrected chi connectivity index (χ0v) is 10.7. The first kappa shape index (κ1) is 11.6. The van der Waals surface area contributed by atoms with Gasteiger partial charge in [0, 0.05) is 6.42 Å². The van der Waals surface area contributed by atoms with Crippen LogP contribution in [0.1, 0.15) is 18.9 Å². The van der Waals surface area contributed by atoms with E-state index in [9.17, 15) is 0 Å². The zero-order valence-electron chi connectivity index (χ0n) is 9.86. The molecule has 0 saturated heterocycles. The number of rotatable bonds is 5. The van der Waals surface area contributed by atoms with Gasteiger partial charge in [0.25, 0.3) is 0 Å². The fourth-order valence-corrected chi connectivity index (χ4v) is 2.90. The minimum atomic E-state index is 0.653. The molecular weight excluding hydrogens is 216 g/mol. The Morgan fingerprint density at radius 2 is 2.19 bits per heavy atom. The molecule has 1 heterocycles. The number of hydrogen-bond donors (Lipinski definition) is 1. The smallest absolute Gasteiger partial charge is 0.0941 e. The predicted molar refractivity (Wildman–Crippen MR) is 71.0 cm³/mol. The van der Waals surface area contributed by atoms with E-state index in [0.29, 0.717) is 5.92 Å². The van der Waals surface area contributed by atoms with E-state index in [0.717, 1.165) is 25.0 Å². The first-order chi connectivity index (χ1) is 7.79. The molecule has 0 aliphatic heterocycles. The Morgan fingerprint density at radius 3 is 2.94 bits per heavy atom. The van der Waals surface area contributed by atoms with Gasteiger partial charge in [-0.05, 0) is 31.1 Å². The number of para-hydroxylation sites is 1. The summed E-state index contributed by atoms with van der Waals surface area (Å²) >= 11 is 1.82. The third kappa shape index (κ3) is 2.80. The van der Waals surface area contributed by atoms with Crippen LogP contribution in [0.25, 0.3) is 10.2 Å². The van der Waals surface area contributed by atoms with E-state index in [2.05, 4.69) is 42.3 Å². The van der Waals surface area contributed by atoms with E-state index in [1.54, 1.807) is 0 Å². The van der Waals surface area contributed by atoms with Gasteiger partial charge in [-0.2, -0.15) is 0 Å². The van der Waals surface area contributed by atoms with E-state index in [1.165, 1.54) is 9.71 Å². The highest BCUT2D eigenvalue weighted by Crippen LogP contribution is 2.23. The van der Waals surface area contributed by atoms with Crippen LogP contribution in [0.2, 0.25) is 0 Å². The molecule has 1 atom stereocenters. The van der Waals surface area contributed by atoms with E-state index in [4.69, 9.17) is 0 Å². The molecule has 0 saturated carbocycles. The third-order valence-corrected chi connectivity index (χ3v) is 3.66. The normalized spacial score (nSPS) is 13.1. The molecule has 0 amide bonds. The number of nitrogens with zero attached hydrogens (tertiary/aromatic N) is 1. The van der Waals surface area contributed by atoms with Crippen molar-refractivity contribution in [3.05, 3.63) is 29.3 Å². The molecule has 0 fully saturated rings. The van der Waals surface area contributed by atoms with E-state index >= 15 is 0 Å². The van der Waals surface area contributed by atoms with Crippen LogP contribution in [-0.2, 0) is 6.42 Å². The van der Waals surface area contributed by atoms with Crippen LogP contribution < -0.4 is 5.32 Å². The Morgan fingerprint density at radius 1 is 1.38 bits per heavy atom. The van der Waals surface area contributed by atoms with Crippen molar-refractivity contribution < 1.29 is 0 Å². The van der Waals surface area contributed by atoms with Crippen molar-refractivity contribution in [2.45, 2.75) is 20.3 Å². The maximum atomic E-state index is 4.65. The summed E-state index contributed by atoms with van der Waals surface area (Å²) in [7, 11) is 0. The van der Waals surface area contributed by atoms with E-state index < -0.39 is 0 Å². The van der Waals surface area contributed by atoms with Gasteiger partial charge >= 0.3 is 0 Å². The molecule has 1 aromatic heterocycles. The minimum Gasteiger partial charge on any atom is -0.317 e. The monoisotopic (exact) mass is 234 g/mol. The van der Waals surface area contributed by atoms with Crippen molar-refractivity contribution in [1.82, 2.24) is 10.3 Å². The molecule has 1 N–H and O–H groups in total. The maximum absolute atomic E-state index is 4.65. The highest BCUT2D eigenvalue weighted by molar-refractivity contribution is 7.18. The van der Waals surface area contributed by atoms with Crippen molar-refractivity contribution in [3.8, 4) is 0 Å². The molecule has 1 aromatic carbocycles. The number of thiazole rings is 1. The topological polar surface area (TPSA) is 24.9 Å². The molecule has 86 valence electrons. The lowest BCUT2D eigenvalue weighted by molar-refractivity contribution is 0.521. The molecular formula is C13H18N2S. The molecule has 16 heavy (non-hydrogen) atoms. The SMILES string of the molecule is CCNCC(C)Cc1nc2ccccc2s1. The lowest BCUT2D eigenvalue weighted by Crippen LogP contribution is -2.21. The number of hydrogen-bond acceptors (Lipinski definition) is 3. The van der Waals surface area contributed by atoms with Crippen LogP contribution in [0.5, 0.6) is 0 Å². The first-order valence-electron chi connectivity index (χ1n) is 5.84. The Labute approximate surface area is 101 Å². The molecule has 1 unspecified atom stereocenters. The van der Waals surface area contributed by atoms with Crippen molar-refractivity contribution >= 4 is 21.6 Å². The maximum Gasteiger partial charge on any atom is 0.0941 e. The number of nitrogens with one attached hydrogen (secondary N) is 1. The van der Waals surface area contributed by atoms with Crippen LogP contribution in [0, 0.1) is 5.92 Å². The zero-order chi connectivity index (χ0) is 11.4. The fraction of sp³-hybridized carbons (Fsp3) is 0.462. The summed E-state index contributed by atoms with van der Waals surface area (Å²) < 4.78 is 1.30. The Bertz CT molecular complexity index is 417. The number of fused-ring (bicyclic) bond motifs is 1. The number of benzene rings is 1. The summed E-state index contributed by atoms with van der Waals surface area (Å²) in [5.41, 5.74) is 1.14. The van der Waals surface area contributed by atoms with Crippen LogP contribution in [0.3, 0.4) is 0 Å². The van der Waals surface area contributed by atoms with E-state index in [1.807, 2.05) is 17.4 Å². The van der Waals surface area contributed by atoms with Gasteiger partial charge in [0.15, 0.2) is 0 Å². The third-order valence-electron chi connectivity index (χ3n) is 2.60. The molecule has 0 radical (unpaired) electrons. The van der Waals surface area contributed by atoms with Crippen LogP contribution in [-0.4, -0.2) is 18.1 Å². The highest BCUT2D eigenvalue weighted by atomic mass is 32.1. The summed E-state index contributed by atoms with van der Waals surface area (Å²) in [5.74, 6) is 0.653. The quantitative estimate of drug-likeness (QED) is 0.860. The Balaban J connectivity index is 2.03. The molecule has 0 bridgehead atoms. The second kappa shape index (κ2) is 5.41. The lowest BCUT2D eigenvalue weighted by atomic mass is 10.1. The second-order valence-corrected chi connectivity index (χ2v) is 5.31. The van der Waals surface area contributed by atoms with E-state index in [-0.39, 0.29) is 0 Å². The van der Waals surface area contributed by atoms with Crippen molar-refractivity contribution in [1.29, 1.82) is 0 Å². The van der Waals surface area contributed by atoms with Crippen LogP contribution in [0.4, 0.5) is 0 Å². The Hall–Kier alpha value is -0.930. The van der Waals surface area contributed by atoms with Gasteiger partial charge in [0.1, 0.15) is 0 Å². The summed E-state index contributed by atoms with van der Waals surface area (Å²) in [4.78, 5) is 4.65. The molecule has 2 aromatic rings. The van der Waals surface area contributed by atoms with Crippen molar-refractivity contribution in [2.75, 3.05) is 13.1 Å². The molecule has 3 heteroatoms. The second-order valence-electron chi connectivity index (χ2n) is 4.19. The molecule has 2 rings (SSSR count). The first-order valence-corrected chi connectivity index (χ1v) is 6.66. The summed E-state index contributed by atoms with van der Waals surface area (Å²) in [5, 5.41) is 4.63. The average molecular weight is 234 g/mol. The molecule has 2 nitrogen and oxygen atoms in total. The highest BCUT2D eigenvalue weighted by Gasteiger charge is 2.07. The molecule has 0 aliphatic carbocycles.